The highest BCUT2D eigenvalue weighted by Crippen LogP contribution is 2.32. The lowest BCUT2D eigenvalue weighted by Crippen LogP contribution is -2.02. The molecule has 0 fully saturated rings. The molecular weight excluding hydrogens is 368 g/mol. The predicted octanol–water partition coefficient (Wildman–Crippen LogP) is 5.24. The number of halogens is 1. The summed E-state index contributed by atoms with van der Waals surface area (Å²) >= 11 is 7.68. The van der Waals surface area contributed by atoms with Crippen molar-refractivity contribution in [2.24, 2.45) is 0 Å². The van der Waals surface area contributed by atoms with E-state index in [1.165, 1.54) is 17.8 Å². The van der Waals surface area contributed by atoms with Crippen LogP contribution in [0.4, 0.5) is 0 Å². The summed E-state index contributed by atoms with van der Waals surface area (Å²) in [6.45, 7) is 7.70. The SMILES string of the molecule is Cc1cc2oc(=O)cc(CSc3nc(C)c(C)c(C)c3C#N)c2cc1Cl. The average Bonchev–Trinajstić information content (AvgIpc) is 2.59. The first-order valence-corrected chi connectivity index (χ1v) is 9.41. The largest absolute Gasteiger partial charge is 0.423 e. The molecule has 0 spiro atoms. The minimum absolute atomic E-state index is 0.403. The van der Waals surface area contributed by atoms with Gasteiger partial charge in [0.2, 0.25) is 0 Å². The van der Waals surface area contributed by atoms with Crippen molar-refractivity contribution in [3.05, 3.63) is 67.2 Å². The van der Waals surface area contributed by atoms with Crippen molar-refractivity contribution in [3.8, 4) is 6.07 Å². The normalized spacial score (nSPS) is 10.9. The van der Waals surface area contributed by atoms with E-state index >= 15 is 0 Å². The highest BCUT2D eigenvalue weighted by Gasteiger charge is 2.15. The Hall–Kier alpha value is -2.29. The summed E-state index contributed by atoms with van der Waals surface area (Å²) in [5.41, 5.74) is 5.23. The van der Waals surface area contributed by atoms with Gasteiger partial charge in [-0.05, 0) is 62.1 Å². The molecule has 0 N–H and O–H groups in total. The third kappa shape index (κ3) is 3.35. The molecule has 6 heteroatoms. The fraction of sp³-hybridized carbons (Fsp3) is 0.250. The molecule has 0 unspecified atom stereocenters. The van der Waals surface area contributed by atoms with E-state index < -0.39 is 5.63 Å². The van der Waals surface area contributed by atoms with Crippen LogP contribution in [0.1, 0.15) is 33.5 Å². The van der Waals surface area contributed by atoms with Crippen molar-refractivity contribution in [2.45, 2.75) is 38.5 Å². The first kappa shape index (κ1) is 18.5. The van der Waals surface area contributed by atoms with E-state index in [1.54, 1.807) is 6.07 Å². The van der Waals surface area contributed by atoms with Crippen molar-refractivity contribution in [2.75, 3.05) is 0 Å². The van der Waals surface area contributed by atoms with Gasteiger partial charge in [0, 0.05) is 27.9 Å². The molecule has 26 heavy (non-hydrogen) atoms. The zero-order valence-electron chi connectivity index (χ0n) is 14.9. The summed E-state index contributed by atoms with van der Waals surface area (Å²) in [5, 5.41) is 11.6. The van der Waals surface area contributed by atoms with Crippen molar-refractivity contribution >= 4 is 34.3 Å². The molecule has 4 nitrogen and oxygen atoms in total. The Bertz CT molecular complexity index is 1130. The summed E-state index contributed by atoms with van der Waals surface area (Å²) in [6.07, 6.45) is 0. The van der Waals surface area contributed by atoms with Gasteiger partial charge in [0.25, 0.3) is 0 Å². The van der Waals surface area contributed by atoms with Gasteiger partial charge in [-0.3, -0.25) is 0 Å². The molecule has 0 aliphatic heterocycles. The lowest BCUT2D eigenvalue weighted by molar-refractivity contribution is 0.559. The predicted molar refractivity (Wildman–Crippen MR) is 105 cm³/mol. The van der Waals surface area contributed by atoms with Crippen LogP contribution < -0.4 is 5.63 Å². The topological polar surface area (TPSA) is 66.9 Å². The van der Waals surface area contributed by atoms with Crippen molar-refractivity contribution in [1.82, 2.24) is 4.98 Å². The van der Waals surface area contributed by atoms with Gasteiger partial charge in [-0.15, -0.1) is 11.8 Å². The number of rotatable bonds is 3. The van der Waals surface area contributed by atoms with E-state index in [9.17, 15) is 10.1 Å². The molecule has 0 saturated heterocycles. The van der Waals surface area contributed by atoms with Crippen LogP contribution in [0.5, 0.6) is 0 Å². The number of nitriles is 1. The van der Waals surface area contributed by atoms with Gasteiger partial charge in [0.05, 0.1) is 5.56 Å². The number of aromatic nitrogens is 1. The molecule has 0 aliphatic carbocycles. The van der Waals surface area contributed by atoms with Crippen molar-refractivity contribution in [1.29, 1.82) is 5.26 Å². The number of thioether (sulfide) groups is 1. The highest BCUT2D eigenvalue weighted by molar-refractivity contribution is 7.98. The average molecular weight is 385 g/mol. The smallest absolute Gasteiger partial charge is 0.336 e. The third-order valence-electron chi connectivity index (χ3n) is 4.55. The third-order valence-corrected chi connectivity index (χ3v) is 5.98. The van der Waals surface area contributed by atoms with Gasteiger partial charge in [-0.25, -0.2) is 9.78 Å². The molecule has 0 aliphatic rings. The Morgan fingerprint density at radius 3 is 2.62 bits per heavy atom. The summed E-state index contributed by atoms with van der Waals surface area (Å²) in [5.74, 6) is 0.491. The Kier molecular flexibility index (Phi) is 5.08. The standard InChI is InChI=1S/C20H17ClN2O2S/c1-10-5-18-15(7-17(10)21)14(6-19(24)25-18)9-26-20-16(8-22)12(3)11(2)13(4)23-20/h5-7H,9H2,1-4H3. The van der Waals surface area contributed by atoms with Crippen LogP contribution in [0, 0.1) is 39.0 Å². The zero-order valence-corrected chi connectivity index (χ0v) is 16.5. The molecule has 1 aromatic carbocycles. The molecule has 0 amide bonds. The summed E-state index contributed by atoms with van der Waals surface area (Å²) in [7, 11) is 0. The van der Waals surface area contributed by atoms with Gasteiger partial charge in [-0.1, -0.05) is 11.6 Å². The quantitative estimate of drug-likeness (QED) is 0.456. The van der Waals surface area contributed by atoms with Crippen LogP contribution in [-0.2, 0) is 5.75 Å². The van der Waals surface area contributed by atoms with Crippen molar-refractivity contribution < 1.29 is 4.42 Å². The molecule has 3 rings (SSSR count). The van der Waals surface area contributed by atoms with Gasteiger partial charge in [-0.2, -0.15) is 5.26 Å². The zero-order chi connectivity index (χ0) is 19.0. The Morgan fingerprint density at radius 2 is 1.92 bits per heavy atom. The highest BCUT2D eigenvalue weighted by atomic mass is 35.5. The molecule has 3 aromatic rings. The maximum atomic E-state index is 11.9. The van der Waals surface area contributed by atoms with E-state index in [1.807, 2.05) is 33.8 Å². The van der Waals surface area contributed by atoms with E-state index in [0.29, 0.717) is 26.9 Å². The van der Waals surface area contributed by atoms with Crippen LogP contribution in [0.2, 0.25) is 5.02 Å². The van der Waals surface area contributed by atoms with Crippen LogP contribution in [-0.4, -0.2) is 4.98 Å². The molecule has 0 bridgehead atoms. The molecule has 0 saturated carbocycles. The van der Waals surface area contributed by atoms with E-state index in [2.05, 4.69) is 11.1 Å². The number of pyridine rings is 1. The molecular formula is C20H17ClN2O2S. The van der Waals surface area contributed by atoms with Crippen LogP contribution in [0.15, 0.2) is 32.4 Å². The Labute approximate surface area is 160 Å². The Morgan fingerprint density at radius 1 is 1.19 bits per heavy atom. The number of nitrogens with zero attached hydrogens (tertiary/aromatic N) is 2. The molecule has 0 radical (unpaired) electrons. The summed E-state index contributed by atoms with van der Waals surface area (Å²) in [6, 6.07) is 7.31. The number of benzene rings is 1. The lowest BCUT2D eigenvalue weighted by atomic mass is 10.1. The lowest BCUT2D eigenvalue weighted by Gasteiger charge is -2.12. The van der Waals surface area contributed by atoms with Crippen LogP contribution >= 0.6 is 23.4 Å². The van der Waals surface area contributed by atoms with E-state index in [-0.39, 0.29) is 0 Å². The molecule has 2 aromatic heterocycles. The fourth-order valence-corrected chi connectivity index (χ4v) is 4.00. The second-order valence-electron chi connectivity index (χ2n) is 6.22. The number of fused-ring (bicyclic) bond motifs is 1. The van der Waals surface area contributed by atoms with E-state index in [0.717, 1.165) is 33.3 Å². The molecule has 0 atom stereocenters. The van der Waals surface area contributed by atoms with Gasteiger partial charge < -0.3 is 4.42 Å². The maximum absolute atomic E-state index is 11.9. The summed E-state index contributed by atoms with van der Waals surface area (Å²) in [4.78, 5) is 16.5. The second-order valence-corrected chi connectivity index (χ2v) is 7.59. The minimum atomic E-state index is -0.403. The monoisotopic (exact) mass is 384 g/mol. The van der Waals surface area contributed by atoms with Gasteiger partial charge in [0.1, 0.15) is 16.7 Å². The second kappa shape index (κ2) is 7.14. The first-order chi connectivity index (χ1) is 12.3. The van der Waals surface area contributed by atoms with Gasteiger partial charge in [0.15, 0.2) is 0 Å². The number of hydrogen-bond donors (Lipinski definition) is 0. The minimum Gasteiger partial charge on any atom is -0.423 e. The number of hydrogen-bond acceptors (Lipinski definition) is 5. The van der Waals surface area contributed by atoms with Crippen LogP contribution in [0.3, 0.4) is 0 Å². The first-order valence-electron chi connectivity index (χ1n) is 8.05. The van der Waals surface area contributed by atoms with Gasteiger partial charge >= 0.3 is 5.63 Å². The summed E-state index contributed by atoms with van der Waals surface area (Å²) < 4.78 is 5.30. The van der Waals surface area contributed by atoms with Crippen LogP contribution in [0.25, 0.3) is 11.0 Å². The Balaban J connectivity index is 2.05. The van der Waals surface area contributed by atoms with Crippen molar-refractivity contribution in [3.63, 3.8) is 0 Å². The molecule has 2 heterocycles. The molecule has 132 valence electrons. The van der Waals surface area contributed by atoms with E-state index in [4.69, 9.17) is 16.0 Å². The number of aryl methyl sites for hydroxylation is 2. The maximum Gasteiger partial charge on any atom is 0.336 e. The fourth-order valence-electron chi connectivity index (χ4n) is 2.76.